The minimum Gasteiger partial charge on any atom is -0.449 e. The largest absolute Gasteiger partial charge is 0.449 e. The first-order valence-corrected chi connectivity index (χ1v) is 8.92. The Balaban J connectivity index is 2.92. The van der Waals surface area contributed by atoms with E-state index in [1.165, 1.54) is 19.1 Å². The lowest BCUT2D eigenvalue weighted by atomic mass is 10.2. The molecule has 22 heavy (non-hydrogen) atoms. The van der Waals surface area contributed by atoms with Crippen molar-refractivity contribution in [3.8, 4) is 0 Å². The van der Waals surface area contributed by atoms with Crippen molar-refractivity contribution in [3.05, 3.63) is 28.8 Å². The Bertz CT molecular complexity index is 672. The van der Waals surface area contributed by atoms with Crippen molar-refractivity contribution in [2.24, 2.45) is 0 Å². The SMILES string of the molecule is CCCNC(=O)[C@H](C)OC(=O)c1cc(S(C)(=O)=O)ccc1Cl. The maximum atomic E-state index is 12.1. The molecule has 0 saturated heterocycles. The predicted molar refractivity (Wildman–Crippen MR) is 82.7 cm³/mol. The molecule has 122 valence electrons. The number of sulfone groups is 1. The van der Waals surface area contributed by atoms with Crippen LogP contribution in [0.3, 0.4) is 0 Å². The first-order chi connectivity index (χ1) is 10.2. The molecule has 1 amide bonds. The number of ether oxygens (including phenoxy) is 1. The van der Waals surface area contributed by atoms with Gasteiger partial charge in [-0.15, -0.1) is 0 Å². The minimum absolute atomic E-state index is 0.0491. The summed E-state index contributed by atoms with van der Waals surface area (Å²) in [4.78, 5) is 23.7. The molecular formula is C14H18ClNO5S. The monoisotopic (exact) mass is 347 g/mol. The lowest BCUT2D eigenvalue weighted by molar-refractivity contribution is -0.129. The number of carbonyl (C=O) groups is 2. The summed E-state index contributed by atoms with van der Waals surface area (Å²) in [5, 5.41) is 2.65. The van der Waals surface area contributed by atoms with Gasteiger partial charge in [-0.1, -0.05) is 18.5 Å². The number of carbonyl (C=O) groups excluding carboxylic acids is 2. The van der Waals surface area contributed by atoms with E-state index < -0.39 is 27.8 Å². The molecule has 0 fully saturated rings. The van der Waals surface area contributed by atoms with Gasteiger partial charge in [0.15, 0.2) is 15.9 Å². The van der Waals surface area contributed by atoms with Gasteiger partial charge in [0, 0.05) is 12.8 Å². The van der Waals surface area contributed by atoms with E-state index in [2.05, 4.69) is 5.32 Å². The molecule has 1 rings (SSSR count). The van der Waals surface area contributed by atoms with Crippen LogP contribution in [-0.4, -0.2) is 39.2 Å². The average molecular weight is 348 g/mol. The number of esters is 1. The van der Waals surface area contributed by atoms with Gasteiger partial charge in [0.05, 0.1) is 15.5 Å². The molecule has 0 aliphatic heterocycles. The Kier molecular flexibility index (Phi) is 6.37. The first kappa shape index (κ1) is 18.4. The topological polar surface area (TPSA) is 89.5 Å². The Morgan fingerprint density at radius 2 is 2.00 bits per heavy atom. The van der Waals surface area contributed by atoms with Crippen LogP contribution in [0.5, 0.6) is 0 Å². The molecule has 0 spiro atoms. The Hall–Kier alpha value is -1.60. The number of nitrogens with one attached hydrogen (secondary N) is 1. The van der Waals surface area contributed by atoms with Gasteiger partial charge in [0.2, 0.25) is 0 Å². The van der Waals surface area contributed by atoms with E-state index in [9.17, 15) is 18.0 Å². The van der Waals surface area contributed by atoms with Crippen molar-refractivity contribution in [2.75, 3.05) is 12.8 Å². The fourth-order valence-electron chi connectivity index (χ4n) is 1.56. The smallest absolute Gasteiger partial charge is 0.340 e. The quantitative estimate of drug-likeness (QED) is 0.793. The lowest BCUT2D eigenvalue weighted by Gasteiger charge is -2.14. The number of rotatable bonds is 6. The summed E-state index contributed by atoms with van der Waals surface area (Å²) in [6.07, 6.45) is 0.776. The van der Waals surface area contributed by atoms with Crippen molar-refractivity contribution < 1.29 is 22.7 Å². The second-order valence-corrected chi connectivity index (χ2v) is 7.18. The number of halogens is 1. The molecule has 0 aliphatic rings. The molecule has 0 heterocycles. The van der Waals surface area contributed by atoms with E-state index >= 15 is 0 Å². The van der Waals surface area contributed by atoms with Crippen molar-refractivity contribution in [1.82, 2.24) is 5.32 Å². The Labute approximate surface area is 134 Å². The molecule has 1 atom stereocenters. The molecule has 8 heteroatoms. The fourth-order valence-corrected chi connectivity index (χ4v) is 2.40. The minimum atomic E-state index is -3.48. The lowest BCUT2D eigenvalue weighted by Crippen LogP contribution is -2.36. The van der Waals surface area contributed by atoms with Crippen LogP contribution >= 0.6 is 11.6 Å². The summed E-state index contributed by atoms with van der Waals surface area (Å²) in [5.41, 5.74) is -0.0975. The highest BCUT2D eigenvalue weighted by atomic mass is 35.5. The third-order valence-electron chi connectivity index (χ3n) is 2.79. The molecule has 0 aliphatic carbocycles. The van der Waals surface area contributed by atoms with E-state index in [4.69, 9.17) is 16.3 Å². The molecular weight excluding hydrogens is 330 g/mol. The van der Waals surface area contributed by atoms with Crippen molar-refractivity contribution >= 4 is 33.3 Å². The molecule has 0 saturated carbocycles. The van der Waals surface area contributed by atoms with Crippen LogP contribution in [0.4, 0.5) is 0 Å². The predicted octanol–water partition coefficient (Wildman–Crippen LogP) is 1.81. The first-order valence-electron chi connectivity index (χ1n) is 6.65. The molecule has 0 bridgehead atoms. The van der Waals surface area contributed by atoms with E-state index in [-0.39, 0.29) is 15.5 Å². The zero-order valence-corrected chi connectivity index (χ0v) is 14.1. The highest BCUT2D eigenvalue weighted by molar-refractivity contribution is 7.90. The second-order valence-electron chi connectivity index (χ2n) is 4.75. The van der Waals surface area contributed by atoms with Crippen molar-refractivity contribution in [1.29, 1.82) is 0 Å². The van der Waals surface area contributed by atoms with Gasteiger partial charge in [0.1, 0.15) is 0 Å². The number of hydrogen-bond acceptors (Lipinski definition) is 5. The van der Waals surface area contributed by atoms with Crippen molar-refractivity contribution in [2.45, 2.75) is 31.3 Å². The third kappa shape index (κ3) is 4.99. The van der Waals surface area contributed by atoms with Crippen molar-refractivity contribution in [3.63, 3.8) is 0 Å². The van der Waals surface area contributed by atoms with E-state index in [1.807, 2.05) is 6.92 Å². The van der Waals surface area contributed by atoms with Crippen LogP contribution in [0.25, 0.3) is 0 Å². The standard InChI is InChI=1S/C14H18ClNO5S/c1-4-7-16-13(17)9(2)21-14(18)11-8-10(22(3,19)20)5-6-12(11)15/h5-6,8-9H,4,7H2,1-3H3,(H,16,17)/t9-/m0/s1. The Morgan fingerprint density at radius 1 is 1.36 bits per heavy atom. The Morgan fingerprint density at radius 3 is 2.55 bits per heavy atom. The summed E-state index contributed by atoms with van der Waals surface area (Å²) in [5.74, 6) is -1.28. The summed E-state index contributed by atoms with van der Waals surface area (Å²) < 4.78 is 28.0. The second kappa shape index (κ2) is 7.60. The molecule has 1 aromatic rings. The van der Waals surface area contributed by atoms with Crippen LogP contribution in [0.1, 0.15) is 30.6 Å². The summed E-state index contributed by atoms with van der Waals surface area (Å²) >= 11 is 5.89. The fraction of sp³-hybridized carbons (Fsp3) is 0.429. The van der Waals surface area contributed by atoms with Crippen LogP contribution in [0, 0.1) is 0 Å². The van der Waals surface area contributed by atoms with Gasteiger partial charge in [-0.2, -0.15) is 0 Å². The van der Waals surface area contributed by atoms with Gasteiger partial charge in [-0.05, 0) is 31.5 Å². The van der Waals surface area contributed by atoms with E-state index in [1.54, 1.807) is 0 Å². The third-order valence-corrected chi connectivity index (χ3v) is 4.23. The number of benzene rings is 1. The van der Waals surface area contributed by atoms with E-state index in [0.717, 1.165) is 18.7 Å². The van der Waals surface area contributed by atoms with Gasteiger partial charge in [-0.25, -0.2) is 13.2 Å². The van der Waals surface area contributed by atoms with Crippen LogP contribution in [0.2, 0.25) is 5.02 Å². The summed E-state index contributed by atoms with van der Waals surface area (Å²) in [7, 11) is -3.48. The maximum Gasteiger partial charge on any atom is 0.340 e. The number of hydrogen-bond donors (Lipinski definition) is 1. The zero-order valence-electron chi connectivity index (χ0n) is 12.6. The molecule has 0 aromatic heterocycles. The normalized spacial score (nSPS) is 12.5. The molecule has 6 nitrogen and oxygen atoms in total. The molecule has 1 aromatic carbocycles. The zero-order chi connectivity index (χ0) is 16.9. The highest BCUT2D eigenvalue weighted by Gasteiger charge is 2.21. The molecule has 0 unspecified atom stereocenters. The number of amides is 1. The van der Waals surface area contributed by atoms with E-state index in [0.29, 0.717) is 6.54 Å². The average Bonchev–Trinajstić information content (AvgIpc) is 2.43. The summed E-state index contributed by atoms with van der Waals surface area (Å²) in [6, 6.07) is 3.73. The van der Waals surface area contributed by atoms with Gasteiger partial charge in [0.25, 0.3) is 5.91 Å². The maximum absolute atomic E-state index is 12.1. The summed E-state index contributed by atoms with van der Waals surface area (Å²) in [6.45, 7) is 3.80. The highest BCUT2D eigenvalue weighted by Crippen LogP contribution is 2.21. The molecule has 0 radical (unpaired) electrons. The van der Waals surface area contributed by atoms with Crippen LogP contribution in [0.15, 0.2) is 23.1 Å². The van der Waals surface area contributed by atoms with Crippen LogP contribution < -0.4 is 5.32 Å². The van der Waals surface area contributed by atoms with Gasteiger partial charge < -0.3 is 10.1 Å². The van der Waals surface area contributed by atoms with Gasteiger partial charge >= 0.3 is 5.97 Å². The van der Waals surface area contributed by atoms with Gasteiger partial charge in [-0.3, -0.25) is 4.79 Å². The molecule has 1 N–H and O–H groups in total. The van der Waals surface area contributed by atoms with Crippen LogP contribution in [-0.2, 0) is 19.4 Å².